The zero-order valence-corrected chi connectivity index (χ0v) is 13.4. The van der Waals surface area contributed by atoms with Crippen LogP contribution in [0.3, 0.4) is 0 Å². The van der Waals surface area contributed by atoms with Crippen LogP contribution in [-0.4, -0.2) is 43.7 Å². The Bertz CT molecular complexity index is 501. The molecule has 0 unspecified atom stereocenters. The number of amides is 1. The van der Waals surface area contributed by atoms with Crippen molar-refractivity contribution in [3.63, 3.8) is 0 Å². The molecule has 0 aromatic heterocycles. The van der Waals surface area contributed by atoms with Crippen molar-refractivity contribution >= 4 is 11.6 Å². The summed E-state index contributed by atoms with van der Waals surface area (Å²) in [5, 5.41) is 2.73. The maximum Gasteiger partial charge on any atom is 0.238 e. The second kappa shape index (κ2) is 8.25. The molecule has 1 aliphatic rings. The Hall–Kier alpha value is -1.46. The molecule has 22 heavy (non-hydrogen) atoms. The summed E-state index contributed by atoms with van der Waals surface area (Å²) in [6, 6.07) is 4.73. The van der Waals surface area contributed by atoms with E-state index < -0.39 is 0 Å². The van der Waals surface area contributed by atoms with Crippen molar-refractivity contribution in [3.05, 3.63) is 29.6 Å². The average molecular weight is 308 g/mol. The summed E-state index contributed by atoms with van der Waals surface area (Å²) in [7, 11) is 1.92. The Morgan fingerprint density at radius 2 is 2.32 bits per heavy atom. The first kappa shape index (κ1) is 16.9. The number of hydrogen-bond donors (Lipinski definition) is 1. The predicted octanol–water partition coefficient (Wildman–Crippen LogP) is 2.96. The molecule has 1 aliphatic heterocycles. The van der Waals surface area contributed by atoms with Gasteiger partial charge in [-0.25, -0.2) is 4.39 Å². The van der Waals surface area contributed by atoms with Crippen LogP contribution in [0.4, 0.5) is 10.1 Å². The van der Waals surface area contributed by atoms with Crippen LogP contribution in [-0.2, 0) is 9.53 Å². The largest absolute Gasteiger partial charge is 0.378 e. The number of aryl methyl sites for hydroxylation is 1. The molecule has 1 aromatic carbocycles. The van der Waals surface area contributed by atoms with Crippen molar-refractivity contribution in [3.8, 4) is 0 Å². The van der Waals surface area contributed by atoms with E-state index in [1.165, 1.54) is 6.07 Å². The first-order chi connectivity index (χ1) is 10.5. The summed E-state index contributed by atoms with van der Waals surface area (Å²) >= 11 is 0. The molecule has 5 heteroatoms. The Balaban J connectivity index is 1.67. The van der Waals surface area contributed by atoms with Gasteiger partial charge < -0.3 is 10.1 Å². The van der Waals surface area contributed by atoms with E-state index in [4.69, 9.17) is 4.74 Å². The van der Waals surface area contributed by atoms with Gasteiger partial charge in [0.2, 0.25) is 5.91 Å². The third-order valence-electron chi connectivity index (χ3n) is 3.96. The number of nitrogens with one attached hydrogen (secondary N) is 1. The van der Waals surface area contributed by atoms with Gasteiger partial charge in [-0.05, 0) is 63.9 Å². The van der Waals surface area contributed by atoms with Crippen LogP contribution in [0, 0.1) is 12.7 Å². The normalized spacial score (nSPS) is 17.9. The molecule has 1 fully saturated rings. The van der Waals surface area contributed by atoms with Crippen molar-refractivity contribution < 1.29 is 13.9 Å². The molecule has 1 aromatic rings. The van der Waals surface area contributed by atoms with Crippen molar-refractivity contribution in [2.75, 3.05) is 32.1 Å². The van der Waals surface area contributed by atoms with Gasteiger partial charge in [-0.2, -0.15) is 0 Å². The van der Waals surface area contributed by atoms with Crippen molar-refractivity contribution in [1.29, 1.82) is 0 Å². The lowest BCUT2D eigenvalue weighted by atomic mass is 10.1. The van der Waals surface area contributed by atoms with Gasteiger partial charge >= 0.3 is 0 Å². The molecule has 0 saturated carbocycles. The molecule has 1 saturated heterocycles. The van der Waals surface area contributed by atoms with Crippen molar-refractivity contribution in [2.24, 2.45) is 0 Å². The van der Waals surface area contributed by atoms with E-state index in [0.717, 1.165) is 38.8 Å². The number of hydrogen-bond acceptors (Lipinski definition) is 3. The molecule has 122 valence electrons. The van der Waals surface area contributed by atoms with E-state index in [2.05, 4.69) is 5.32 Å². The van der Waals surface area contributed by atoms with Gasteiger partial charge in [-0.1, -0.05) is 6.07 Å². The van der Waals surface area contributed by atoms with Gasteiger partial charge in [-0.3, -0.25) is 9.69 Å². The molecule has 2 rings (SSSR count). The molecular formula is C17H25FN2O2. The average Bonchev–Trinajstić information content (AvgIpc) is 2.96. The van der Waals surface area contributed by atoms with E-state index in [9.17, 15) is 9.18 Å². The van der Waals surface area contributed by atoms with Crippen LogP contribution < -0.4 is 5.32 Å². The number of benzene rings is 1. The summed E-state index contributed by atoms with van der Waals surface area (Å²) in [6.45, 7) is 3.75. The third kappa shape index (κ3) is 5.39. The first-order valence-corrected chi connectivity index (χ1v) is 7.91. The summed E-state index contributed by atoms with van der Waals surface area (Å²) in [5.74, 6) is -0.425. The molecule has 0 bridgehead atoms. The minimum absolute atomic E-state index is 0.122. The highest BCUT2D eigenvalue weighted by atomic mass is 19.1. The maximum atomic E-state index is 13.4. The molecule has 0 aliphatic carbocycles. The minimum Gasteiger partial charge on any atom is -0.378 e. The van der Waals surface area contributed by atoms with Gasteiger partial charge in [0.25, 0.3) is 0 Å². The highest BCUT2D eigenvalue weighted by Gasteiger charge is 2.15. The zero-order chi connectivity index (χ0) is 15.9. The van der Waals surface area contributed by atoms with Gasteiger partial charge in [0, 0.05) is 12.3 Å². The number of carbonyl (C=O) groups is 1. The van der Waals surface area contributed by atoms with Crippen LogP contribution in [0.2, 0.25) is 0 Å². The summed E-state index contributed by atoms with van der Waals surface area (Å²) in [4.78, 5) is 13.9. The molecule has 1 atom stereocenters. The Morgan fingerprint density at radius 1 is 1.50 bits per heavy atom. The summed E-state index contributed by atoms with van der Waals surface area (Å²) < 4.78 is 19.0. The van der Waals surface area contributed by atoms with Crippen molar-refractivity contribution in [1.82, 2.24) is 4.90 Å². The standard InChI is InChI=1S/C17H25FN2O2/c1-13-7-8-14(11-16(13)18)19-17(21)12-20(2)9-3-5-15-6-4-10-22-15/h7-8,11,15H,3-6,9-10,12H2,1-2H3,(H,19,21)/t15-/m0/s1. The molecule has 4 nitrogen and oxygen atoms in total. The number of nitrogens with zero attached hydrogens (tertiary/aromatic N) is 1. The van der Waals surface area contributed by atoms with E-state index in [1.54, 1.807) is 19.1 Å². The lowest BCUT2D eigenvalue weighted by Crippen LogP contribution is -2.31. The van der Waals surface area contributed by atoms with Gasteiger partial charge in [0.05, 0.1) is 12.6 Å². The van der Waals surface area contributed by atoms with Crippen LogP contribution in [0.25, 0.3) is 0 Å². The molecule has 1 heterocycles. The number of rotatable bonds is 7. The Kier molecular flexibility index (Phi) is 6.34. The number of carbonyl (C=O) groups excluding carboxylic acids is 1. The molecular weight excluding hydrogens is 283 g/mol. The van der Waals surface area contributed by atoms with E-state index in [0.29, 0.717) is 23.9 Å². The van der Waals surface area contributed by atoms with Gasteiger partial charge in [-0.15, -0.1) is 0 Å². The smallest absolute Gasteiger partial charge is 0.238 e. The molecule has 1 amide bonds. The lowest BCUT2D eigenvalue weighted by Gasteiger charge is -2.17. The molecule has 0 spiro atoms. The lowest BCUT2D eigenvalue weighted by molar-refractivity contribution is -0.117. The summed E-state index contributed by atoms with van der Waals surface area (Å²) in [5.41, 5.74) is 1.07. The SMILES string of the molecule is Cc1ccc(NC(=O)CN(C)CCC[C@H]2CCCO2)cc1F. The fraction of sp³-hybridized carbons (Fsp3) is 0.588. The predicted molar refractivity (Wildman–Crippen MR) is 85.5 cm³/mol. The van der Waals surface area contributed by atoms with E-state index in [-0.39, 0.29) is 11.7 Å². The fourth-order valence-electron chi connectivity index (χ4n) is 2.66. The monoisotopic (exact) mass is 308 g/mol. The summed E-state index contributed by atoms with van der Waals surface area (Å²) in [6.07, 6.45) is 4.79. The third-order valence-corrected chi connectivity index (χ3v) is 3.96. The second-order valence-electron chi connectivity index (χ2n) is 6.03. The fourth-order valence-corrected chi connectivity index (χ4v) is 2.66. The molecule has 1 N–H and O–H groups in total. The zero-order valence-electron chi connectivity index (χ0n) is 13.4. The quantitative estimate of drug-likeness (QED) is 0.842. The van der Waals surface area contributed by atoms with E-state index in [1.807, 2.05) is 11.9 Å². The Labute approximate surface area is 131 Å². The highest BCUT2D eigenvalue weighted by molar-refractivity contribution is 5.92. The first-order valence-electron chi connectivity index (χ1n) is 7.91. The van der Waals surface area contributed by atoms with E-state index >= 15 is 0 Å². The number of halogens is 1. The second-order valence-corrected chi connectivity index (χ2v) is 6.03. The van der Waals surface area contributed by atoms with Crippen LogP contribution in [0.15, 0.2) is 18.2 Å². The van der Waals surface area contributed by atoms with Gasteiger partial charge in [0.15, 0.2) is 0 Å². The topological polar surface area (TPSA) is 41.6 Å². The van der Waals surface area contributed by atoms with Crippen molar-refractivity contribution in [2.45, 2.75) is 38.7 Å². The molecule has 0 radical (unpaired) electrons. The van der Waals surface area contributed by atoms with Crippen LogP contribution in [0.1, 0.15) is 31.2 Å². The number of anilines is 1. The Morgan fingerprint density at radius 3 is 3.00 bits per heavy atom. The van der Waals surface area contributed by atoms with Crippen LogP contribution >= 0.6 is 0 Å². The number of likely N-dealkylation sites (N-methyl/N-ethyl adjacent to an activating group) is 1. The van der Waals surface area contributed by atoms with Crippen LogP contribution in [0.5, 0.6) is 0 Å². The highest BCUT2D eigenvalue weighted by Crippen LogP contribution is 2.17. The minimum atomic E-state index is -0.303. The van der Waals surface area contributed by atoms with Gasteiger partial charge in [0.1, 0.15) is 5.82 Å². The number of ether oxygens (including phenoxy) is 1. The maximum absolute atomic E-state index is 13.4.